The number of rotatable bonds is 2. The maximum Gasteiger partial charge on any atom is 0.244 e. The quantitative estimate of drug-likeness (QED) is 0.544. The van der Waals surface area contributed by atoms with Crippen LogP contribution >= 0.6 is 0 Å². The van der Waals surface area contributed by atoms with Crippen LogP contribution < -0.4 is 5.32 Å². The standard InChI is InChI=1S/C7H12N2/c1-8-6-7(9-2)4-3-5-7/h8H,3-6H2,1H3. The normalized spacial score (nSPS) is 22.2. The lowest BCUT2D eigenvalue weighted by atomic mass is 9.77. The molecule has 0 aromatic rings. The highest BCUT2D eigenvalue weighted by molar-refractivity contribution is 5.06. The Morgan fingerprint density at radius 2 is 2.33 bits per heavy atom. The van der Waals surface area contributed by atoms with Crippen LogP contribution in [0.4, 0.5) is 0 Å². The van der Waals surface area contributed by atoms with Gasteiger partial charge in [0.2, 0.25) is 5.54 Å². The third-order valence-electron chi connectivity index (χ3n) is 2.03. The molecule has 1 aliphatic carbocycles. The van der Waals surface area contributed by atoms with E-state index < -0.39 is 0 Å². The third-order valence-corrected chi connectivity index (χ3v) is 2.03. The van der Waals surface area contributed by atoms with Gasteiger partial charge in [-0.05, 0) is 13.5 Å². The molecule has 0 atom stereocenters. The topological polar surface area (TPSA) is 16.4 Å². The van der Waals surface area contributed by atoms with Crippen LogP contribution in [0.3, 0.4) is 0 Å². The van der Waals surface area contributed by atoms with E-state index in [4.69, 9.17) is 6.57 Å². The maximum absolute atomic E-state index is 6.90. The SMILES string of the molecule is [C-]#[N+]C1(CNC)CCC1. The van der Waals surface area contributed by atoms with Crippen molar-refractivity contribution >= 4 is 0 Å². The molecule has 1 rings (SSSR count). The minimum absolute atomic E-state index is 0.00521. The highest BCUT2D eigenvalue weighted by Gasteiger charge is 2.42. The van der Waals surface area contributed by atoms with Gasteiger partial charge in [-0.1, -0.05) is 0 Å². The van der Waals surface area contributed by atoms with E-state index in [9.17, 15) is 0 Å². The smallest absolute Gasteiger partial charge is 0.244 e. The molecule has 0 saturated heterocycles. The molecule has 1 aliphatic rings. The first-order valence-electron chi connectivity index (χ1n) is 3.36. The van der Waals surface area contributed by atoms with Gasteiger partial charge in [0.15, 0.2) is 0 Å². The van der Waals surface area contributed by atoms with E-state index in [1.165, 1.54) is 6.42 Å². The zero-order valence-electron chi connectivity index (χ0n) is 5.78. The highest BCUT2D eigenvalue weighted by atomic mass is 14.9. The lowest BCUT2D eigenvalue weighted by Gasteiger charge is -2.29. The Kier molecular flexibility index (Phi) is 1.73. The van der Waals surface area contributed by atoms with Crippen LogP contribution in [0.1, 0.15) is 19.3 Å². The van der Waals surface area contributed by atoms with Crippen molar-refractivity contribution in [3.05, 3.63) is 11.4 Å². The van der Waals surface area contributed by atoms with E-state index in [1.54, 1.807) is 0 Å². The van der Waals surface area contributed by atoms with Crippen molar-refractivity contribution in [3.63, 3.8) is 0 Å². The average Bonchev–Trinajstić information content (AvgIpc) is 1.79. The summed E-state index contributed by atoms with van der Waals surface area (Å²) in [5.74, 6) is 0. The van der Waals surface area contributed by atoms with Crippen LogP contribution in [0.2, 0.25) is 0 Å². The second-order valence-corrected chi connectivity index (χ2v) is 2.72. The fourth-order valence-electron chi connectivity index (χ4n) is 1.24. The third kappa shape index (κ3) is 1.06. The summed E-state index contributed by atoms with van der Waals surface area (Å²) in [7, 11) is 1.91. The minimum atomic E-state index is -0.00521. The van der Waals surface area contributed by atoms with E-state index in [0.29, 0.717) is 0 Å². The van der Waals surface area contributed by atoms with Crippen molar-refractivity contribution in [1.29, 1.82) is 0 Å². The molecule has 0 bridgehead atoms. The second kappa shape index (κ2) is 2.36. The Morgan fingerprint density at radius 1 is 1.67 bits per heavy atom. The van der Waals surface area contributed by atoms with Crippen molar-refractivity contribution in [2.45, 2.75) is 24.8 Å². The summed E-state index contributed by atoms with van der Waals surface area (Å²) in [6.45, 7) is 7.77. The lowest BCUT2D eigenvalue weighted by molar-refractivity contribution is 0.296. The number of hydrogen-bond donors (Lipinski definition) is 1. The summed E-state index contributed by atoms with van der Waals surface area (Å²) in [5.41, 5.74) is -0.00521. The summed E-state index contributed by atoms with van der Waals surface area (Å²) in [6, 6.07) is 0. The van der Waals surface area contributed by atoms with E-state index in [1.807, 2.05) is 7.05 Å². The van der Waals surface area contributed by atoms with Gasteiger partial charge in [-0.3, -0.25) is 0 Å². The molecule has 0 amide bonds. The molecule has 0 heterocycles. The number of nitrogens with zero attached hydrogens (tertiary/aromatic N) is 1. The summed E-state index contributed by atoms with van der Waals surface area (Å²) in [6.07, 6.45) is 3.43. The van der Waals surface area contributed by atoms with E-state index >= 15 is 0 Å². The maximum atomic E-state index is 6.90. The number of likely N-dealkylation sites (N-methyl/N-ethyl adjacent to an activating group) is 1. The minimum Gasteiger partial charge on any atom is -0.313 e. The van der Waals surface area contributed by atoms with Gasteiger partial charge in [0.1, 0.15) is 0 Å². The van der Waals surface area contributed by atoms with Gasteiger partial charge in [-0.25, -0.2) is 6.57 Å². The molecule has 0 radical (unpaired) electrons. The predicted octanol–water partition coefficient (Wildman–Crippen LogP) is 1.05. The second-order valence-electron chi connectivity index (χ2n) is 2.72. The van der Waals surface area contributed by atoms with Crippen LogP contribution in [0, 0.1) is 6.57 Å². The summed E-state index contributed by atoms with van der Waals surface area (Å²) in [4.78, 5) is 3.60. The van der Waals surface area contributed by atoms with Gasteiger partial charge in [0.05, 0.1) is 6.54 Å². The fraction of sp³-hybridized carbons (Fsp3) is 0.857. The van der Waals surface area contributed by atoms with Crippen molar-refractivity contribution in [1.82, 2.24) is 5.32 Å². The molecular formula is C7H12N2. The Hall–Kier alpha value is -0.550. The zero-order chi connectivity index (χ0) is 6.74. The Bertz CT molecular complexity index is 130. The van der Waals surface area contributed by atoms with Gasteiger partial charge < -0.3 is 10.2 Å². The molecule has 9 heavy (non-hydrogen) atoms. The van der Waals surface area contributed by atoms with Gasteiger partial charge >= 0.3 is 0 Å². The van der Waals surface area contributed by atoms with Crippen LogP contribution in [-0.2, 0) is 0 Å². The largest absolute Gasteiger partial charge is 0.313 e. The molecule has 2 heteroatoms. The first-order chi connectivity index (χ1) is 4.33. The first kappa shape index (κ1) is 6.57. The van der Waals surface area contributed by atoms with E-state index in [2.05, 4.69) is 10.2 Å². The molecule has 50 valence electrons. The number of hydrogen-bond acceptors (Lipinski definition) is 1. The summed E-state index contributed by atoms with van der Waals surface area (Å²) < 4.78 is 0. The molecule has 0 aromatic heterocycles. The van der Waals surface area contributed by atoms with Gasteiger partial charge in [0, 0.05) is 12.8 Å². The molecular weight excluding hydrogens is 112 g/mol. The summed E-state index contributed by atoms with van der Waals surface area (Å²) >= 11 is 0. The fourth-order valence-corrected chi connectivity index (χ4v) is 1.24. The molecule has 0 aliphatic heterocycles. The van der Waals surface area contributed by atoms with Gasteiger partial charge in [0.25, 0.3) is 0 Å². The predicted molar refractivity (Wildman–Crippen MR) is 37.1 cm³/mol. The van der Waals surface area contributed by atoms with Crippen molar-refractivity contribution in [2.75, 3.05) is 13.6 Å². The monoisotopic (exact) mass is 124 g/mol. The van der Waals surface area contributed by atoms with E-state index in [0.717, 1.165) is 19.4 Å². The van der Waals surface area contributed by atoms with Crippen LogP contribution in [0.25, 0.3) is 4.85 Å². The molecule has 0 unspecified atom stereocenters. The molecule has 2 nitrogen and oxygen atoms in total. The molecule has 0 aromatic carbocycles. The van der Waals surface area contributed by atoms with Gasteiger partial charge in [-0.2, -0.15) is 0 Å². The zero-order valence-corrected chi connectivity index (χ0v) is 5.78. The van der Waals surface area contributed by atoms with Gasteiger partial charge in [-0.15, -0.1) is 0 Å². The Labute approximate surface area is 56.1 Å². The van der Waals surface area contributed by atoms with Crippen molar-refractivity contribution < 1.29 is 0 Å². The number of nitrogens with one attached hydrogen (secondary N) is 1. The first-order valence-corrected chi connectivity index (χ1v) is 3.36. The molecule has 1 saturated carbocycles. The molecule has 0 spiro atoms. The van der Waals surface area contributed by atoms with Crippen LogP contribution in [-0.4, -0.2) is 19.1 Å². The summed E-state index contributed by atoms with van der Waals surface area (Å²) in [5, 5.41) is 3.05. The molecule has 1 fully saturated rings. The lowest BCUT2D eigenvalue weighted by Crippen LogP contribution is -2.42. The Morgan fingerprint density at radius 3 is 2.44 bits per heavy atom. The van der Waals surface area contributed by atoms with Crippen molar-refractivity contribution in [3.8, 4) is 0 Å². The van der Waals surface area contributed by atoms with Crippen LogP contribution in [0.15, 0.2) is 0 Å². The van der Waals surface area contributed by atoms with Crippen LogP contribution in [0.5, 0.6) is 0 Å². The Balaban J connectivity index is 2.40. The van der Waals surface area contributed by atoms with E-state index in [-0.39, 0.29) is 5.54 Å². The highest BCUT2D eigenvalue weighted by Crippen LogP contribution is 2.34. The van der Waals surface area contributed by atoms with Crippen molar-refractivity contribution in [2.24, 2.45) is 0 Å². The average molecular weight is 124 g/mol. The molecule has 1 N–H and O–H groups in total.